The number of fused-ring (bicyclic) bond motifs is 1. The van der Waals surface area contributed by atoms with Crippen LogP contribution >= 0.6 is 0 Å². The summed E-state index contributed by atoms with van der Waals surface area (Å²) >= 11 is 0. The largest absolute Gasteiger partial charge is 0.495 e. The van der Waals surface area contributed by atoms with Crippen LogP contribution in [0.15, 0.2) is 22.7 Å². The second-order valence-electron chi connectivity index (χ2n) is 8.20. The van der Waals surface area contributed by atoms with E-state index < -0.39 is 0 Å². The zero-order chi connectivity index (χ0) is 19.7. The molecule has 150 valence electrons. The van der Waals surface area contributed by atoms with Gasteiger partial charge in [-0.3, -0.25) is 14.7 Å². The van der Waals surface area contributed by atoms with Crippen molar-refractivity contribution < 1.29 is 13.9 Å². The van der Waals surface area contributed by atoms with Crippen molar-refractivity contribution in [3.05, 3.63) is 41.4 Å². The minimum atomic E-state index is -0.0730. The van der Waals surface area contributed by atoms with E-state index >= 15 is 0 Å². The Bertz CT molecular complexity index is 823. The SMILES string of the molecule is COc1ccc(CN2CCc3oc(C(=O)N4C[C@@H](C)C[C@H](C)C4)nc3C2)nc1. The minimum Gasteiger partial charge on any atom is -0.495 e. The van der Waals surface area contributed by atoms with Crippen LogP contribution in [0.25, 0.3) is 0 Å². The Morgan fingerprint density at radius 1 is 1.29 bits per heavy atom. The summed E-state index contributed by atoms with van der Waals surface area (Å²) < 4.78 is 11.0. The van der Waals surface area contributed by atoms with E-state index in [1.54, 1.807) is 13.3 Å². The van der Waals surface area contributed by atoms with Crippen molar-refractivity contribution in [1.82, 2.24) is 19.8 Å². The molecule has 0 unspecified atom stereocenters. The molecule has 28 heavy (non-hydrogen) atoms. The number of ether oxygens (including phenoxy) is 1. The average molecular weight is 384 g/mol. The fraction of sp³-hybridized carbons (Fsp3) is 0.571. The highest BCUT2D eigenvalue weighted by molar-refractivity contribution is 5.89. The standard InChI is InChI=1S/C21H28N4O3/c1-14-8-15(2)11-25(10-14)21(26)20-23-18-13-24(7-6-19(18)28-20)12-16-4-5-17(27-3)9-22-16/h4-5,9,14-15H,6-8,10-13H2,1-3H3/t14-,15-/m0/s1. The van der Waals surface area contributed by atoms with Crippen LogP contribution in [0.1, 0.15) is 48.1 Å². The Kier molecular flexibility index (Phi) is 5.35. The van der Waals surface area contributed by atoms with Crippen molar-refractivity contribution in [2.24, 2.45) is 11.8 Å². The predicted molar refractivity (Wildman–Crippen MR) is 104 cm³/mol. The molecule has 0 bridgehead atoms. The molecule has 0 radical (unpaired) electrons. The summed E-state index contributed by atoms with van der Waals surface area (Å²) in [5.41, 5.74) is 1.86. The number of carbonyl (C=O) groups excluding carboxylic acids is 1. The van der Waals surface area contributed by atoms with E-state index in [9.17, 15) is 4.79 Å². The molecule has 0 aliphatic carbocycles. The number of oxazole rings is 1. The van der Waals surface area contributed by atoms with Gasteiger partial charge in [0.25, 0.3) is 5.89 Å². The fourth-order valence-corrected chi connectivity index (χ4v) is 4.30. The molecule has 0 aromatic carbocycles. The third-order valence-electron chi connectivity index (χ3n) is 5.56. The number of hydrogen-bond acceptors (Lipinski definition) is 6. The van der Waals surface area contributed by atoms with E-state index in [4.69, 9.17) is 9.15 Å². The van der Waals surface area contributed by atoms with E-state index in [1.165, 1.54) is 6.42 Å². The number of pyridine rings is 1. The van der Waals surface area contributed by atoms with Crippen LogP contribution in [0.5, 0.6) is 5.75 Å². The molecule has 0 saturated carbocycles. The smallest absolute Gasteiger partial charge is 0.309 e. The van der Waals surface area contributed by atoms with Crippen LogP contribution in [0.4, 0.5) is 0 Å². The highest BCUT2D eigenvalue weighted by Crippen LogP contribution is 2.25. The molecule has 7 heteroatoms. The molecule has 1 saturated heterocycles. The number of hydrogen-bond donors (Lipinski definition) is 0. The molecule has 2 aliphatic heterocycles. The Labute approximate surface area is 165 Å². The van der Waals surface area contributed by atoms with Crippen LogP contribution in [0.3, 0.4) is 0 Å². The van der Waals surface area contributed by atoms with Crippen LogP contribution in [-0.2, 0) is 19.5 Å². The Balaban J connectivity index is 1.42. The van der Waals surface area contributed by atoms with Crippen molar-refractivity contribution in [2.45, 2.75) is 39.8 Å². The molecule has 1 fully saturated rings. The Morgan fingerprint density at radius 2 is 2.07 bits per heavy atom. The molecule has 2 aromatic heterocycles. The predicted octanol–water partition coefficient (Wildman–Crippen LogP) is 2.75. The summed E-state index contributed by atoms with van der Waals surface area (Å²) in [5, 5.41) is 0. The number of nitrogens with zero attached hydrogens (tertiary/aromatic N) is 4. The lowest BCUT2D eigenvalue weighted by Gasteiger charge is -2.34. The molecule has 4 rings (SSSR count). The van der Waals surface area contributed by atoms with E-state index in [0.717, 1.165) is 55.5 Å². The van der Waals surface area contributed by atoms with Gasteiger partial charge in [-0.2, -0.15) is 0 Å². The van der Waals surface area contributed by atoms with E-state index in [1.807, 2.05) is 17.0 Å². The van der Waals surface area contributed by atoms with Crippen molar-refractivity contribution in [3.8, 4) is 5.75 Å². The average Bonchev–Trinajstić information content (AvgIpc) is 3.10. The fourth-order valence-electron chi connectivity index (χ4n) is 4.30. The van der Waals surface area contributed by atoms with Gasteiger partial charge >= 0.3 is 5.91 Å². The molecule has 2 aliphatic rings. The maximum atomic E-state index is 12.9. The monoisotopic (exact) mass is 384 g/mol. The molecule has 2 atom stereocenters. The maximum absolute atomic E-state index is 12.9. The molecule has 4 heterocycles. The van der Waals surface area contributed by atoms with Gasteiger partial charge in [0.1, 0.15) is 11.5 Å². The first kappa shape index (κ1) is 18.9. The molecular formula is C21H28N4O3. The van der Waals surface area contributed by atoms with Gasteiger partial charge in [0, 0.05) is 39.1 Å². The van der Waals surface area contributed by atoms with Gasteiger partial charge in [0.2, 0.25) is 0 Å². The molecule has 2 aromatic rings. The van der Waals surface area contributed by atoms with E-state index in [2.05, 4.69) is 28.7 Å². The first-order valence-electron chi connectivity index (χ1n) is 10.0. The highest BCUT2D eigenvalue weighted by atomic mass is 16.5. The van der Waals surface area contributed by atoms with Crippen LogP contribution in [0, 0.1) is 11.8 Å². The molecular weight excluding hydrogens is 356 g/mol. The van der Waals surface area contributed by atoms with Gasteiger partial charge in [-0.25, -0.2) is 4.98 Å². The van der Waals surface area contributed by atoms with E-state index in [-0.39, 0.29) is 11.8 Å². The first-order chi connectivity index (χ1) is 13.5. The number of piperidine rings is 1. The summed E-state index contributed by atoms with van der Waals surface area (Å²) in [4.78, 5) is 26.0. The van der Waals surface area contributed by atoms with Crippen LogP contribution < -0.4 is 4.74 Å². The zero-order valence-electron chi connectivity index (χ0n) is 16.9. The van der Waals surface area contributed by atoms with Crippen LogP contribution in [0.2, 0.25) is 0 Å². The third-order valence-corrected chi connectivity index (χ3v) is 5.56. The van der Waals surface area contributed by atoms with Gasteiger partial charge in [-0.1, -0.05) is 13.8 Å². The zero-order valence-corrected chi connectivity index (χ0v) is 16.9. The lowest BCUT2D eigenvalue weighted by Crippen LogP contribution is -2.42. The topological polar surface area (TPSA) is 71.7 Å². The normalized spacial score (nSPS) is 22.8. The van der Waals surface area contributed by atoms with Gasteiger partial charge in [-0.15, -0.1) is 0 Å². The van der Waals surface area contributed by atoms with Gasteiger partial charge in [-0.05, 0) is 30.4 Å². The van der Waals surface area contributed by atoms with Gasteiger partial charge in [0.05, 0.1) is 24.7 Å². The number of aromatic nitrogens is 2. The van der Waals surface area contributed by atoms with Crippen molar-refractivity contribution in [3.63, 3.8) is 0 Å². The van der Waals surface area contributed by atoms with Gasteiger partial charge < -0.3 is 14.1 Å². The van der Waals surface area contributed by atoms with Crippen molar-refractivity contribution in [2.75, 3.05) is 26.7 Å². The summed E-state index contributed by atoms with van der Waals surface area (Å²) in [6.07, 6.45) is 3.66. The number of amides is 1. The lowest BCUT2D eigenvalue weighted by atomic mass is 9.92. The molecule has 1 amide bonds. The lowest BCUT2D eigenvalue weighted by molar-refractivity contribution is 0.0581. The second-order valence-corrected chi connectivity index (χ2v) is 8.20. The molecule has 0 N–H and O–H groups in total. The summed E-state index contributed by atoms with van der Waals surface area (Å²) in [6, 6.07) is 3.90. The quantitative estimate of drug-likeness (QED) is 0.807. The minimum absolute atomic E-state index is 0.0730. The highest BCUT2D eigenvalue weighted by Gasteiger charge is 2.31. The summed E-state index contributed by atoms with van der Waals surface area (Å²) in [6.45, 7) is 8.23. The number of methoxy groups -OCH3 is 1. The molecule has 7 nitrogen and oxygen atoms in total. The molecule has 0 spiro atoms. The third kappa shape index (κ3) is 4.04. The number of rotatable bonds is 4. The first-order valence-corrected chi connectivity index (χ1v) is 10.0. The number of carbonyl (C=O) groups is 1. The van der Waals surface area contributed by atoms with Gasteiger partial charge in [0.15, 0.2) is 0 Å². The maximum Gasteiger partial charge on any atom is 0.309 e. The number of likely N-dealkylation sites (tertiary alicyclic amines) is 1. The van der Waals surface area contributed by atoms with E-state index in [0.29, 0.717) is 18.4 Å². The van der Waals surface area contributed by atoms with Crippen molar-refractivity contribution >= 4 is 5.91 Å². The summed E-state index contributed by atoms with van der Waals surface area (Å²) in [7, 11) is 1.64. The Morgan fingerprint density at radius 3 is 2.75 bits per heavy atom. The summed E-state index contributed by atoms with van der Waals surface area (Å²) in [5.74, 6) is 2.81. The Hall–Kier alpha value is -2.41. The van der Waals surface area contributed by atoms with Crippen molar-refractivity contribution in [1.29, 1.82) is 0 Å². The van der Waals surface area contributed by atoms with Crippen LogP contribution in [-0.4, -0.2) is 52.4 Å². The second kappa shape index (κ2) is 7.91.